The summed E-state index contributed by atoms with van der Waals surface area (Å²) in [6.45, 7) is 6.16. The van der Waals surface area contributed by atoms with E-state index in [1.165, 1.54) is 0 Å². The third kappa shape index (κ3) is 3.05. The molecule has 0 bridgehead atoms. The minimum Gasteiger partial charge on any atom is -0.353 e. The van der Waals surface area contributed by atoms with E-state index in [-0.39, 0.29) is 5.91 Å². The molecule has 68 valence electrons. The highest BCUT2D eigenvalue weighted by Crippen LogP contribution is 2.11. The van der Waals surface area contributed by atoms with E-state index in [1.54, 1.807) is 6.08 Å². The summed E-state index contributed by atoms with van der Waals surface area (Å²) in [5.74, 6) is 0.679. The van der Waals surface area contributed by atoms with Crippen molar-refractivity contribution in [1.82, 2.24) is 10.6 Å². The Morgan fingerprint density at radius 1 is 1.75 bits per heavy atom. The fraction of sp³-hybridized carbons (Fsp3) is 0.667. The average Bonchev–Trinajstić information content (AvgIpc) is 2.53. The van der Waals surface area contributed by atoms with Gasteiger partial charge in [0, 0.05) is 13.0 Å². The van der Waals surface area contributed by atoms with Crippen molar-refractivity contribution in [2.24, 2.45) is 5.92 Å². The van der Waals surface area contributed by atoms with Crippen LogP contribution >= 0.6 is 0 Å². The highest BCUT2D eigenvalue weighted by Gasteiger charge is 2.17. The minimum atomic E-state index is 0.142. The van der Waals surface area contributed by atoms with Crippen LogP contribution in [0.2, 0.25) is 0 Å². The Labute approximate surface area is 73.2 Å². The van der Waals surface area contributed by atoms with E-state index < -0.39 is 0 Å². The quantitative estimate of drug-likeness (QED) is 0.592. The maximum atomic E-state index is 11.2. The number of amides is 1. The van der Waals surface area contributed by atoms with Gasteiger partial charge in [0.15, 0.2) is 0 Å². The Kier molecular flexibility index (Phi) is 3.80. The smallest absolute Gasteiger partial charge is 0.220 e. The van der Waals surface area contributed by atoms with Crippen LogP contribution < -0.4 is 10.6 Å². The second kappa shape index (κ2) is 4.93. The number of nitrogens with one attached hydrogen (secondary N) is 2. The number of carbonyl (C=O) groups is 1. The molecule has 0 aromatic rings. The molecule has 1 aliphatic heterocycles. The minimum absolute atomic E-state index is 0.142. The lowest BCUT2D eigenvalue weighted by Crippen LogP contribution is -2.26. The van der Waals surface area contributed by atoms with Crippen molar-refractivity contribution < 1.29 is 4.79 Å². The predicted molar refractivity (Wildman–Crippen MR) is 48.8 cm³/mol. The fourth-order valence-electron chi connectivity index (χ4n) is 1.41. The van der Waals surface area contributed by atoms with Crippen LogP contribution in [0.3, 0.4) is 0 Å². The summed E-state index contributed by atoms with van der Waals surface area (Å²) in [4.78, 5) is 11.2. The van der Waals surface area contributed by atoms with Crippen molar-refractivity contribution in [2.75, 3.05) is 19.6 Å². The molecule has 12 heavy (non-hydrogen) atoms. The normalized spacial score (nSPS) is 22.2. The van der Waals surface area contributed by atoms with Gasteiger partial charge in [0.05, 0.1) is 0 Å². The van der Waals surface area contributed by atoms with E-state index >= 15 is 0 Å². The van der Waals surface area contributed by atoms with Crippen LogP contribution in [0.4, 0.5) is 0 Å². The summed E-state index contributed by atoms with van der Waals surface area (Å²) in [5, 5.41) is 6.01. The van der Waals surface area contributed by atoms with Gasteiger partial charge >= 0.3 is 0 Å². The maximum Gasteiger partial charge on any atom is 0.220 e. The second-order valence-corrected chi connectivity index (χ2v) is 3.16. The maximum absolute atomic E-state index is 11.2. The zero-order chi connectivity index (χ0) is 8.81. The van der Waals surface area contributed by atoms with Crippen molar-refractivity contribution in [1.29, 1.82) is 0 Å². The van der Waals surface area contributed by atoms with Gasteiger partial charge in [-0.05, 0) is 25.4 Å². The van der Waals surface area contributed by atoms with Crippen LogP contribution in [0.1, 0.15) is 12.8 Å². The van der Waals surface area contributed by atoms with Gasteiger partial charge in [0.25, 0.3) is 0 Å². The van der Waals surface area contributed by atoms with E-state index in [0.29, 0.717) is 18.9 Å². The average molecular weight is 168 g/mol. The van der Waals surface area contributed by atoms with Gasteiger partial charge in [-0.3, -0.25) is 4.79 Å². The van der Waals surface area contributed by atoms with Crippen molar-refractivity contribution in [3.05, 3.63) is 12.7 Å². The molecule has 1 unspecified atom stereocenters. The number of carbonyl (C=O) groups excluding carboxylic acids is 1. The molecule has 1 saturated heterocycles. The first kappa shape index (κ1) is 9.26. The molecule has 0 spiro atoms. The molecule has 0 aromatic heterocycles. The first-order valence-electron chi connectivity index (χ1n) is 4.41. The largest absolute Gasteiger partial charge is 0.353 e. The molecule has 0 saturated carbocycles. The summed E-state index contributed by atoms with van der Waals surface area (Å²) in [7, 11) is 0. The van der Waals surface area contributed by atoms with Crippen molar-refractivity contribution in [3.63, 3.8) is 0 Å². The summed E-state index contributed by atoms with van der Waals surface area (Å²) < 4.78 is 0. The molecule has 0 aliphatic carbocycles. The van der Waals surface area contributed by atoms with Gasteiger partial charge in [-0.15, -0.1) is 6.58 Å². The highest BCUT2D eigenvalue weighted by atomic mass is 16.1. The summed E-state index contributed by atoms with van der Waals surface area (Å²) in [6, 6.07) is 0. The molecule has 1 fully saturated rings. The van der Waals surface area contributed by atoms with Gasteiger partial charge < -0.3 is 10.6 Å². The van der Waals surface area contributed by atoms with E-state index in [2.05, 4.69) is 17.2 Å². The van der Waals surface area contributed by atoms with Crippen molar-refractivity contribution >= 4 is 5.91 Å². The number of hydrogen-bond acceptors (Lipinski definition) is 2. The lowest BCUT2D eigenvalue weighted by molar-refractivity contribution is -0.121. The summed E-state index contributed by atoms with van der Waals surface area (Å²) in [5.41, 5.74) is 0. The van der Waals surface area contributed by atoms with Gasteiger partial charge in [0.2, 0.25) is 5.91 Å². The van der Waals surface area contributed by atoms with Gasteiger partial charge in [0.1, 0.15) is 0 Å². The first-order chi connectivity index (χ1) is 5.83. The number of hydrogen-bond donors (Lipinski definition) is 2. The zero-order valence-corrected chi connectivity index (χ0v) is 7.31. The highest BCUT2D eigenvalue weighted by molar-refractivity contribution is 5.76. The Hall–Kier alpha value is -0.830. The van der Waals surface area contributed by atoms with Crippen molar-refractivity contribution in [3.8, 4) is 0 Å². The molecule has 1 heterocycles. The van der Waals surface area contributed by atoms with Gasteiger partial charge in [-0.2, -0.15) is 0 Å². The van der Waals surface area contributed by atoms with Crippen LogP contribution in [-0.4, -0.2) is 25.5 Å². The molecule has 3 nitrogen and oxygen atoms in total. The van der Waals surface area contributed by atoms with Crippen LogP contribution in [-0.2, 0) is 4.79 Å². The lowest BCUT2D eigenvalue weighted by atomic mass is 10.0. The Morgan fingerprint density at radius 3 is 3.17 bits per heavy atom. The zero-order valence-electron chi connectivity index (χ0n) is 7.31. The van der Waals surface area contributed by atoms with Crippen LogP contribution in [0, 0.1) is 5.92 Å². The number of rotatable bonds is 4. The van der Waals surface area contributed by atoms with E-state index in [4.69, 9.17) is 0 Å². The lowest BCUT2D eigenvalue weighted by Gasteiger charge is -2.06. The summed E-state index contributed by atoms with van der Waals surface area (Å²) in [6.07, 6.45) is 3.48. The van der Waals surface area contributed by atoms with Gasteiger partial charge in [-0.1, -0.05) is 6.08 Å². The van der Waals surface area contributed by atoms with Crippen LogP contribution in [0.15, 0.2) is 12.7 Å². The van der Waals surface area contributed by atoms with Gasteiger partial charge in [-0.25, -0.2) is 0 Å². The van der Waals surface area contributed by atoms with Crippen LogP contribution in [0.25, 0.3) is 0 Å². The Bertz CT molecular complexity index is 162. The molecular formula is C9H16N2O. The molecular weight excluding hydrogens is 152 g/mol. The Balaban J connectivity index is 2.11. The molecule has 1 aliphatic rings. The standard InChI is InChI=1S/C9H16N2O/c1-2-4-11-9(12)6-8-3-5-10-7-8/h2,8,10H,1,3-7H2,(H,11,12). The predicted octanol–water partition coefficient (Wildman–Crippen LogP) is 0.288. The molecule has 1 atom stereocenters. The molecule has 0 radical (unpaired) electrons. The van der Waals surface area contributed by atoms with E-state index in [0.717, 1.165) is 19.5 Å². The monoisotopic (exact) mass is 168 g/mol. The van der Waals surface area contributed by atoms with E-state index in [1.807, 2.05) is 0 Å². The SMILES string of the molecule is C=CCNC(=O)CC1CCNC1. The molecule has 2 N–H and O–H groups in total. The molecule has 1 amide bonds. The van der Waals surface area contributed by atoms with E-state index in [9.17, 15) is 4.79 Å². The third-order valence-corrected chi connectivity index (χ3v) is 2.08. The third-order valence-electron chi connectivity index (χ3n) is 2.08. The molecule has 0 aromatic carbocycles. The van der Waals surface area contributed by atoms with Crippen molar-refractivity contribution in [2.45, 2.75) is 12.8 Å². The van der Waals surface area contributed by atoms with Crippen LogP contribution in [0.5, 0.6) is 0 Å². The molecule has 3 heteroatoms. The second-order valence-electron chi connectivity index (χ2n) is 3.16. The Morgan fingerprint density at radius 2 is 2.58 bits per heavy atom. The topological polar surface area (TPSA) is 41.1 Å². The molecule has 1 rings (SSSR count). The summed E-state index contributed by atoms with van der Waals surface area (Å²) >= 11 is 0. The first-order valence-corrected chi connectivity index (χ1v) is 4.41. The fourth-order valence-corrected chi connectivity index (χ4v) is 1.41.